The van der Waals surface area contributed by atoms with E-state index in [1.165, 1.54) is 0 Å². The molecule has 1 atom stereocenters. The Labute approximate surface area is 172 Å². The molecule has 4 rings (SSSR count). The maximum atomic E-state index is 12.6. The number of halogens is 2. The van der Waals surface area contributed by atoms with E-state index >= 15 is 0 Å². The Morgan fingerprint density at radius 2 is 1.89 bits per heavy atom. The molecule has 1 aliphatic rings. The fourth-order valence-electron chi connectivity index (χ4n) is 3.33. The Balaban J connectivity index is 1.60. The Morgan fingerprint density at radius 1 is 1.11 bits per heavy atom. The van der Waals surface area contributed by atoms with Crippen molar-refractivity contribution in [3.63, 3.8) is 0 Å². The normalized spacial score (nSPS) is 15.8. The number of methoxy groups -OCH3 is 1. The molecule has 1 aromatic heterocycles. The molecule has 1 aliphatic carbocycles. The lowest BCUT2D eigenvalue weighted by molar-refractivity contribution is 0.0962. The van der Waals surface area contributed by atoms with E-state index in [4.69, 9.17) is 27.9 Å². The number of fused-ring (bicyclic) bond motifs is 1. The molecule has 3 aromatic rings. The first-order chi connectivity index (χ1) is 13.5. The largest absolute Gasteiger partial charge is 0.497 e. The van der Waals surface area contributed by atoms with Gasteiger partial charge in [-0.2, -0.15) is 0 Å². The average molecular weight is 414 g/mol. The molecule has 2 aromatic carbocycles. The first-order valence-corrected chi connectivity index (χ1v) is 9.54. The fourth-order valence-corrected chi connectivity index (χ4v) is 3.78. The van der Waals surface area contributed by atoms with Crippen LogP contribution < -0.4 is 10.1 Å². The molecule has 0 amide bonds. The Bertz CT molecular complexity index is 1040. The summed E-state index contributed by atoms with van der Waals surface area (Å²) >= 11 is 12.1. The highest BCUT2D eigenvalue weighted by atomic mass is 35.5. The van der Waals surface area contributed by atoms with Crippen molar-refractivity contribution in [2.75, 3.05) is 12.4 Å². The van der Waals surface area contributed by atoms with E-state index in [1.807, 2.05) is 24.3 Å². The van der Waals surface area contributed by atoms with Gasteiger partial charge in [-0.3, -0.25) is 4.79 Å². The molecule has 28 heavy (non-hydrogen) atoms. The maximum absolute atomic E-state index is 12.6. The number of nitrogens with zero attached hydrogens (tertiary/aromatic N) is 2. The molecule has 5 nitrogen and oxygen atoms in total. The number of rotatable bonds is 4. The average Bonchev–Trinajstić information content (AvgIpc) is 2.70. The summed E-state index contributed by atoms with van der Waals surface area (Å²) in [5.74, 6) is 1.32. The van der Waals surface area contributed by atoms with E-state index in [0.29, 0.717) is 40.1 Å². The summed E-state index contributed by atoms with van der Waals surface area (Å²) in [5.41, 5.74) is 3.06. The minimum atomic E-state index is 0.0538. The van der Waals surface area contributed by atoms with Crippen LogP contribution in [0.25, 0.3) is 0 Å². The van der Waals surface area contributed by atoms with E-state index in [9.17, 15) is 4.79 Å². The van der Waals surface area contributed by atoms with E-state index in [0.717, 1.165) is 17.0 Å². The van der Waals surface area contributed by atoms with Crippen molar-refractivity contribution in [2.24, 2.45) is 0 Å². The highest BCUT2D eigenvalue weighted by Gasteiger charge is 2.28. The fraction of sp³-hybridized carbons (Fsp3) is 0.190. The van der Waals surface area contributed by atoms with E-state index in [-0.39, 0.29) is 11.7 Å². The molecular weight excluding hydrogens is 397 g/mol. The monoisotopic (exact) mass is 413 g/mol. The van der Waals surface area contributed by atoms with Crippen LogP contribution in [-0.4, -0.2) is 22.9 Å². The van der Waals surface area contributed by atoms with Gasteiger partial charge in [-0.05, 0) is 48.2 Å². The summed E-state index contributed by atoms with van der Waals surface area (Å²) in [6.07, 6.45) is 2.69. The van der Waals surface area contributed by atoms with Crippen LogP contribution in [0, 0.1) is 0 Å². The second-order valence-corrected chi connectivity index (χ2v) is 7.45. The second-order valence-electron chi connectivity index (χ2n) is 6.60. The highest BCUT2D eigenvalue weighted by molar-refractivity contribution is 6.36. The number of nitrogens with one attached hydrogen (secondary N) is 1. The third kappa shape index (κ3) is 3.81. The minimum absolute atomic E-state index is 0.0538. The van der Waals surface area contributed by atoms with Crippen molar-refractivity contribution < 1.29 is 9.53 Å². The zero-order valence-electron chi connectivity index (χ0n) is 15.1. The van der Waals surface area contributed by atoms with Crippen molar-refractivity contribution in [2.45, 2.75) is 18.8 Å². The summed E-state index contributed by atoms with van der Waals surface area (Å²) in [7, 11) is 1.63. The number of carbonyl (C=O) groups is 1. The van der Waals surface area contributed by atoms with E-state index in [2.05, 4.69) is 15.3 Å². The quantitative estimate of drug-likeness (QED) is 0.615. The number of aromatic nitrogens is 2. The Hall–Kier alpha value is -2.63. The van der Waals surface area contributed by atoms with Crippen LogP contribution in [-0.2, 0) is 6.42 Å². The molecular formula is C21H17Cl2N3O2. The summed E-state index contributed by atoms with van der Waals surface area (Å²) in [4.78, 5) is 21.4. The molecule has 1 N–H and O–H groups in total. The number of hydrogen-bond acceptors (Lipinski definition) is 5. The van der Waals surface area contributed by atoms with Gasteiger partial charge >= 0.3 is 0 Å². The molecule has 142 valence electrons. The van der Waals surface area contributed by atoms with E-state index in [1.54, 1.807) is 31.5 Å². The van der Waals surface area contributed by atoms with Crippen molar-refractivity contribution in [1.82, 2.24) is 9.97 Å². The predicted molar refractivity (Wildman–Crippen MR) is 110 cm³/mol. The van der Waals surface area contributed by atoms with Crippen LogP contribution in [0.2, 0.25) is 10.0 Å². The van der Waals surface area contributed by atoms with Crippen molar-refractivity contribution >= 4 is 40.6 Å². The molecule has 0 fully saturated rings. The van der Waals surface area contributed by atoms with Gasteiger partial charge in [0.1, 0.15) is 5.75 Å². The topological polar surface area (TPSA) is 64.1 Å². The minimum Gasteiger partial charge on any atom is -0.497 e. The summed E-state index contributed by atoms with van der Waals surface area (Å²) in [5, 5.41) is 4.12. The SMILES string of the molecule is COc1ccc([C@@H]2CC(=O)c3cnc(Nc4ccc(Cl)cc4Cl)nc3C2)cc1. The second kappa shape index (κ2) is 7.78. The van der Waals surface area contributed by atoms with Crippen molar-refractivity contribution in [3.8, 4) is 5.75 Å². The first-order valence-electron chi connectivity index (χ1n) is 8.78. The lowest BCUT2D eigenvalue weighted by Gasteiger charge is -2.23. The van der Waals surface area contributed by atoms with Crippen LogP contribution in [0.4, 0.5) is 11.6 Å². The van der Waals surface area contributed by atoms with Crippen molar-refractivity contribution in [1.29, 1.82) is 0 Å². The van der Waals surface area contributed by atoms with Crippen LogP contribution in [0.1, 0.15) is 34.0 Å². The molecule has 0 spiro atoms. The zero-order chi connectivity index (χ0) is 19.7. The number of anilines is 2. The molecule has 0 bridgehead atoms. The number of ether oxygens (including phenoxy) is 1. The van der Waals surface area contributed by atoms with Gasteiger partial charge in [0.05, 0.1) is 29.1 Å². The zero-order valence-corrected chi connectivity index (χ0v) is 16.6. The highest BCUT2D eigenvalue weighted by Crippen LogP contribution is 2.33. The summed E-state index contributed by atoms with van der Waals surface area (Å²) < 4.78 is 5.21. The lowest BCUT2D eigenvalue weighted by Crippen LogP contribution is -2.21. The number of carbonyl (C=O) groups excluding carboxylic acids is 1. The van der Waals surface area contributed by atoms with Crippen LogP contribution >= 0.6 is 23.2 Å². The van der Waals surface area contributed by atoms with Gasteiger partial charge in [-0.15, -0.1) is 0 Å². The Kier molecular flexibility index (Phi) is 5.20. The maximum Gasteiger partial charge on any atom is 0.227 e. The molecule has 0 unspecified atom stereocenters. The van der Waals surface area contributed by atoms with Gasteiger partial charge in [0, 0.05) is 17.6 Å². The molecule has 0 aliphatic heterocycles. The van der Waals surface area contributed by atoms with Gasteiger partial charge in [0.15, 0.2) is 5.78 Å². The van der Waals surface area contributed by atoms with E-state index < -0.39 is 0 Å². The summed E-state index contributed by atoms with van der Waals surface area (Å²) in [6, 6.07) is 12.9. The van der Waals surface area contributed by atoms with Gasteiger partial charge in [-0.25, -0.2) is 9.97 Å². The smallest absolute Gasteiger partial charge is 0.227 e. The first kappa shape index (κ1) is 18.7. The Morgan fingerprint density at radius 3 is 2.61 bits per heavy atom. The number of Topliss-reactive ketones (excluding diaryl/α,β-unsaturated/α-hetero) is 1. The summed E-state index contributed by atoms with van der Waals surface area (Å²) in [6.45, 7) is 0. The van der Waals surface area contributed by atoms with Gasteiger partial charge in [0.25, 0.3) is 0 Å². The molecule has 1 heterocycles. The molecule has 0 saturated carbocycles. The number of hydrogen-bond donors (Lipinski definition) is 1. The molecule has 0 radical (unpaired) electrons. The van der Waals surface area contributed by atoms with Gasteiger partial charge < -0.3 is 10.1 Å². The standard InChI is InChI=1S/C21H17Cl2N3O2/c1-28-15-5-2-12(3-6-15)13-8-19-16(20(27)9-13)11-24-21(26-19)25-18-7-4-14(22)10-17(18)23/h2-7,10-11,13H,8-9H2,1H3,(H,24,25,26)/t13-/m0/s1. The van der Waals surface area contributed by atoms with Crippen molar-refractivity contribution in [3.05, 3.63) is 75.5 Å². The number of ketones is 1. The molecule has 0 saturated heterocycles. The van der Waals surface area contributed by atoms with Gasteiger partial charge in [0.2, 0.25) is 5.95 Å². The molecule has 7 heteroatoms. The van der Waals surface area contributed by atoms with Crippen LogP contribution in [0.3, 0.4) is 0 Å². The third-order valence-corrected chi connectivity index (χ3v) is 5.35. The van der Waals surface area contributed by atoms with Crippen LogP contribution in [0.15, 0.2) is 48.7 Å². The number of benzene rings is 2. The van der Waals surface area contributed by atoms with Crippen LogP contribution in [0.5, 0.6) is 5.75 Å². The van der Waals surface area contributed by atoms with Gasteiger partial charge in [-0.1, -0.05) is 35.3 Å². The third-order valence-electron chi connectivity index (χ3n) is 4.80. The predicted octanol–water partition coefficient (Wildman–Crippen LogP) is 5.45. The lowest BCUT2D eigenvalue weighted by atomic mass is 9.82.